The van der Waals surface area contributed by atoms with Gasteiger partial charge in [0.05, 0.1) is 6.54 Å². The molecule has 1 saturated carbocycles. The molecular weight excluding hydrogens is 344 g/mol. The average Bonchev–Trinajstić information content (AvgIpc) is 3.07. The summed E-state index contributed by atoms with van der Waals surface area (Å²) in [6.45, 7) is 3.92. The summed E-state index contributed by atoms with van der Waals surface area (Å²) in [6, 6.07) is 3.72. The van der Waals surface area contributed by atoms with Gasteiger partial charge in [-0.3, -0.25) is 14.6 Å². The van der Waals surface area contributed by atoms with Gasteiger partial charge in [0, 0.05) is 37.8 Å². The molecule has 0 radical (unpaired) electrons. The third-order valence-corrected chi connectivity index (χ3v) is 5.88. The monoisotopic (exact) mass is 370 g/mol. The molecule has 1 saturated heterocycles. The quantitative estimate of drug-likeness (QED) is 0.877. The Balaban J connectivity index is 1.31. The van der Waals surface area contributed by atoms with Crippen LogP contribution >= 0.6 is 0 Å². The average molecular weight is 370 g/mol. The first-order chi connectivity index (χ1) is 13.0. The Kier molecular flexibility index (Phi) is 4.85. The number of carbonyl (C=O) groups is 2. The Labute approximate surface area is 159 Å². The maximum absolute atomic E-state index is 12.7. The maximum atomic E-state index is 12.7. The molecule has 0 aromatic carbocycles. The summed E-state index contributed by atoms with van der Waals surface area (Å²) in [7, 11) is 0. The number of aromatic nitrogens is 1. The zero-order valence-corrected chi connectivity index (χ0v) is 15.7. The predicted octanol–water partition coefficient (Wildman–Crippen LogP) is 1.88. The summed E-state index contributed by atoms with van der Waals surface area (Å²) in [5.41, 5.74) is 0.861. The first kappa shape index (κ1) is 17.9. The van der Waals surface area contributed by atoms with Crippen molar-refractivity contribution in [3.8, 4) is 0 Å². The van der Waals surface area contributed by atoms with Crippen LogP contribution in [0.25, 0.3) is 0 Å². The first-order valence-corrected chi connectivity index (χ1v) is 9.76. The van der Waals surface area contributed by atoms with E-state index in [1.54, 1.807) is 12.4 Å². The second kappa shape index (κ2) is 7.29. The molecule has 27 heavy (non-hydrogen) atoms. The van der Waals surface area contributed by atoms with Gasteiger partial charge in [0.25, 0.3) is 5.91 Å². The van der Waals surface area contributed by atoms with Gasteiger partial charge in [-0.15, -0.1) is 0 Å². The van der Waals surface area contributed by atoms with Gasteiger partial charge in [0.15, 0.2) is 5.60 Å². The van der Waals surface area contributed by atoms with Gasteiger partial charge in [0.1, 0.15) is 5.71 Å². The van der Waals surface area contributed by atoms with Crippen LogP contribution in [0.4, 0.5) is 0 Å². The SMILES string of the molecule is CC1CC(C(=O)N2CCCC3(CC(C(=O)NCc4ccncc4)=NO3)C2)C1. The van der Waals surface area contributed by atoms with Crippen molar-refractivity contribution in [2.75, 3.05) is 13.1 Å². The lowest BCUT2D eigenvalue weighted by molar-refractivity contribution is -0.148. The van der Waals surface area contributed by atoms with Crippen molar-refractivity contribution in [2.24, 2.45) is 17.0 Å². The highest BCUT2D eigenvalue weighted by molar-refractivity contribution is 6.39. The number of likely N-dealkylation sites (tertiary alicyclic amines) is 1. The maximum Gasteiger partial charge on any atom is 0.269 e. The van der Waals surface area contributed by atoms with Crippen molar-refractivity contribution < 1.29 is 14.4 Å². The number of oxime groups is 1. The first-order valence-electron chi connectivity index (χ1n) is 9.76. The molecule has 2 aliphatic heterocycles. The van der Waals surface area contributed by atoms with Gasteiger partial charge in [-0.05, 0) is 49.3 Å². The largest absolute Gasteiger partial charge is 0.386 e. The van der Waals surface area contributed by atoms with Gasteiger partial charge in [0.2, 0.25) is 5.91 Å². The van der Waals surface area contributed by atoms with E-state index in [1.165, 1.54) is 0 Å². The number of piperidine rings is 1. The molecule has 1 unspecified atom stereocenters. The Hall–Kier alpha value is -2.44. The Morgan fingerprint density at radius 3 is 2.85 bits per heavy atom. The third-order valence-electron chi connectivity index (χ3n) is 5.88. The molecule has 0 bridgehead atoms. The number of rotatable bonds is 4. The second-order valence-electron chi connectivity index (χ2n) is 8.16. The number of hydrogen-bond donors (Lipinski definition) is 1. The van der Waals surface area contributed by atoms with E-state index in [0.29, 0.717) is 31.1 Å². The summed E-state index contributed by atoms with van der Waals surface area (Å²) < 4.78 is 0. The summed E-state index contributed by atoms with van der Waals surface area (Å²) in [6.07, 6.45) is 7.54. The molecule has 1 aliphatic carbocycles. The van der Waals surface area contributed by atoms with Crippen LogP contribution in [-0.4, -0.2) is 46.1 Å². The van der Waals surface area contributed by atoms with E-state index < -0.39 is 5.60 Å². The van der Waals surface area contributed by atoms with Crippen molar-refractivity contribution in [1.82, 2.24) is 15.2 Å². The molecule has 1 aromatic heterocycles. The van der Waals surface area contributed by atoms with E-state index in [2.05, 4.69) is 22.4 Å². The van der Waals surface area contributed by atoms with Crippen molar-refractivity contribution >= 4 is 17.5 Å². The minimum absolute atomic E-state index is 0.167. The van der Waals surface area contributed by atoms with Crippen LogP contribution < -0.4 is 5.32 Å². The lowest BCUT2D eigenvalue weighted by Gasteiger charge is -2.42. The van der Waals surface area contributed by atoms with Gasteiger partial charge < -0.3 is 15.1 Å². The van der Waals surface area contributed by atoms with Gasteiger partial charge >= 0.3 is 0 Å². The van der Waals surface area contributed by atoms with E-state index in [-0.39, 0.29) is 17.7 Å². The summed E-state index contributed by atoms with van der Waals surface area (Å²) in [4.78, 5) is 36.7. The molecule has 2 amide bonds. The highest BCUT2D eigenvalue weighted by Crippen LogP contribution is 2.38. The van der Waals surface area contributed by atoms with Crippen molar-refractivity contribution in [2.45, 2.75) is 51.2 Å². The van der Waals surface area contributed by atoms with E-state index in [1.807, 2.05) is 17.0 Å². The van der Waals surface area contributed by atoms with Crippen LogP contribution in [0.2, 0.25) is 0 Å². The second-order valence-corrected chi connectivity index (χ2v) is 8.16. The Bertz CT molecular complexity index is 745. The highest BCUT2D eigenvalue weighted by Gasteiger charge is 2.47. The molecule has 1 aromatic rings. The minimum Gasteiger partial charge on any atom is -0.386 e. The lowest BCUT2D eigenvalue weighted by Crippen LogP contribution is -2.53. The molecule has 4 rings (SSSR count). The highest BCUT2D eigenvalue weighted by atomic mass is 16.7. The number of hydrogen-bond acceptors (Lipinski definition) is 5. The normalized spacial score (nSPS) is 29.7. The van der Waals surface area contributed by atoms with Crippen molar-refractivity contribution in [3.63, 3.8) is 0 Å². The molecule has 144 valence electrons. The zero-order valence-electron chi connectivity index (χ0n) is 15.7. The fraction of sp³-hybridized carbons (Fsp3) is 0.600. The molecule has 1 atom stereocenters. The zero-order chi connectivity index (χ0) is 18.9. The number of nitrogens with zero attached hydrogens (tertiary/aromatic N) is 3. The molecular formula is C20H26N4O3. The van der Waals surface area contributed by atoms with Crippen LogP contribution in [0.3, 0.4) is 0 Å². The Morgan fingerprint density at radius 2 is 2.11 bits per heavy atom. The van der Waals surface area contributed by atoms with Gasteiger partial charge in [-0.25, -0.2) is 0 Å². The number of amides is 2. The van der Waals surface area contributed by atoms with E-state index in [9.17, 15) is 9.59 Å². The summed E-state index contributed by atoms with van der Waals surface area (Å²) >= 11 is 0. The Morgan fingerprint density at radius 1 is 1.33 bits per heavy atom. The topological polar surface area (TPSA) is 83.9 Å². The lowest BCUT2D eigenvalue weighted by atomic mass is 9.75. The fourth-order valence-corrected chi connectivity index (χ4v) is 4.30. The van der Waals surface area contributed by atoms with E-state index in [0.717, 1.165) is 37.8 Å². The molecule has 2 fully saturated rings. The predicted molar refractivity (Wildman–Crippen MR) is 99.7 cm³/mol. The van der Waals surface area contributed by atoms with Gasteiger partial charge in [-0.2, -0.15) is 0 Å². The van der Waals surface area contributed by atoms with Crippen LogP contribution in [-0.2, 0) is 21.0 Å². The fourth-order valence-electron chi connectivity index (χ4n) is 4.30. The van der Waals surface area contributed by atoms with Gasteiger partial charge in [-0.1, -0.05) is 12.1 Å². The van der Waals surface area contributed by atoms with Crippen LogP contribution in [0.15, 0.2) is 29.7 Å². The van der Waals surface area contributed by atoms with Crippen LogP contribution in [0, 0.1) is 11.8 Å². The number of pyridine rings is 1. The smallest absolute Gasteiger partial charge is 0.269 e. The van der Waals surface area contributed by atoms with Crippen molar-refractivity contribution in [3.05, 3.63) is 30.1 Å². The van der Waals surface area contributed by atoms with E-state index in [4.69, 9.17) is 4.84 Å². The standard InChI is InChI=1S/C20H26N4O3/c1-14-9-16(10-14)19(26)24-8-2-5-20(13-24)11-17(23-27-20)18(25)22-12-15-3-6-21-7-4-15/h3-4,6-7,14,16H,2,5,8-13H2,1H3,(H,22,25). The minimum atomic E-state index is -0.535. The molecule has 1 spiro atoms. The van der Waals surface area contributed by atoms with Crippen LogP contribution in [0.1, 0.15) is 44.6 Å². The molecule has 7 heteroatoms. The van der Waals surface area contributed by atoms with E-state index >= 15 is 0 Å². The summed E-state index contributed by atoms with van der Waals surface area (Å²) in [5.74, 6) is 0.853. The number of carbonyl (C=O) groups excluding carboxylic acids is 2. The van der Waals surface area contributed by atoms with Crippen molar-refractivity contribution in [1.29, 1.82) is 0 Å². The number of nitrogens with one attached hydrogen (secondary N) is 1. The molecule has 3 heterocycles. The third kappa shape index (κ3) is 3.82. The molecule has 1 N–H and O–H groups in total. The molecule has 7 nitrogen and oxygen atoms in total. The van der Waals surface area contributed by atoms with Crippen LogP contribution in [0.5, 0.6) is 0 Å². The molecule has 3 aliphatic rings. The summed E-state index contributed by atoms with van der Waals surface area (Å²) in [5, 5.41) is 6.94.